The number of hydrogen-bond acceptors (Lipinski definition) is 7. The average molecular weight is 556 g/mol. The van der Waals surface area contributed by atoms with Gasteiger partial charge >= 0.3 is 6.61 Å². The van der Waals surface area contributed by atoms with Crippen molar-refractivity contribution in [3.8, 4) is 5.75 Å². The first-order chi connectivity index (χ1) is 18.8. The summed E-state index contributed by atoms with van der Waals surface area (Å²) in [6, 6.07) is 10.9. The Hall–Kier alpha value is -3.70. The second kappa shape index (κ2) is 11.6. The second-order valence-electron chi connectivity index (χ2n) is 9.19. The molecule has 204 valence electrons. The smallest absolute Gasteiger partial charge is 0.387 e. The maximum absolute atomic E-state index is 13.3. The zero-order valence-electron chi connectivity index (χ0n) is 21.4. The van der Waals surface area contributed by atoms with Crippen LogP contribution in [0.4, 0.5) is 14.5 Å². The Morgan fingerprint density at radius 1 is 1.26 bits per heavy atom. The van der Waals surface area contributed by atoms with Crippen molar-refractivity contribution in [1.29, 1.82) is 0 Å². The number of thioether (sulfide) groups is 1. The minimum Gasteiger partial charge on any atom is -0.465 e. The van der Waals surface area contributed by atoms with E-state index < -0.39 is 12.5 Å². The molecule has 1 aromatic carbocycles. The van der Waals surface area contributed by atoms with Crippen LogP contribution in [0.1, 0.15) is 40.3 Å². The fourth-order valence-electron chi connectivity index (χ4n) is 4.67. The molecule has 2 aromatic heterocycles. The Labute approximate surface area is 228 Å². The van der Waals surface area contributed by atoms with Crippen LogP contribution in [0.25, 0.3) is 6.08 Å². The van der Waals surface area contributed by atoms with Crippen LogP contribution < -0.4 is 9.64 Å². The Bertz CT molecular complexity index is 1410. The molecule has 11 heteroatoms. The van der Waals surface area contributed by atoms with Crippen molar-refractivity contribution in [1.82, 2.24) is 4.57 Å². The number of ether oxygens (including phenoxy) is 2. The minimum absolute atomic E-state index is 0.0357. The molecule has 0 radical (unpaired) electrons. The zero-order valence-corrected chi connectivity index (χ0v) is 22.2. The minimum atomic E-state index is -2.96. The number of ketones is 1. The van der Waals surface area contributed by atoms with E-state index in [0.717, 1.165) is 42.6 Å². The van der Waals surface area contributed by atoms with Crippen LogP contribution in [0.15, 0.2) is 63.8 Å². The Kier molecular flexibility index (Phi) is 7.99. The van der Waals surface area contributed by atoms with Crippen LogP contribution in [-0.2, 0) is 16.1 Å². The summed E-state index contributed by atoms with van der Waals surface area (Å²) in [5, 5.41) is 0.293. The van der Waals surface area contributed by atoms with Crippen LogP contribution in [0.3, 0.4) is 0 Å². The molecule has 8 nitrogen and oxygen atoms in total. The lowest BCUT2D eigenvalue weighted by Gasteiger charge is -2.18. The molecule has 1 fully saturated rings. The number of Topliss-reactive ketones (excluding diaryl/α,β-unsaturated/α-hetero) is 1. The Morgan fingerprint density at radius 2 is 2.05 bits per heavy atom. The molecule has 0 saturated carbocycles. The summed E-state index contributed by atoms with van der Waals surface area (Å²) < 4.78 is 42.8. The number of aromatic nitrogens is 1. The van der Waals surface area contributed by atoms with E-state index in [0.29, 0.717) is 28.7 Å². The quantitative estimate of drug-likeness (QED) is 0.244. The van der Waals surface area contributed by atoms with Gasteiger partial charge < -0.3 is 18.5 Å². The van der Waals surface area contributed by atoms with E-state index >= 15 is 0 Å². The molecule has 1 saturated heterocycles. The Morgan fingerprint density at radius 3 is 2.72 bits per heavy atom. The van der Waals surface area contributed by atoms with Crippen molar-refractivity contribution in [2.45, 2.75) is 45.9 Å². The summed E-state index contributed by atoms with van der Waals surface area (Å²) in [5.41, 5.74) is 3.01. The zero-order chi connectivity index (χ0) is 27.5. The molecule has 3 aromatic rings. The molecule has 39 heavy (non-hydrogen) atoms. The lowest BCUT2D eigenvalue weighted by molar-refractivity contribution is -0.113. The summed E-state index contributed by atoms with van der Waals surface area (Å²) >= 11 is 1.13. The van der Waals surface area contributed by atoms with Crippen molar-refractivity contribution < 1.29 is 32.3 Å². The summed E-state index contributed by atoms with van der Waals surface area (Å²) in [7, 11) is 0. The molecule has 0 aliphatic carbocycles. The number of halogens is 2. The van der Waals surface area contributed by atoms with Crippen molar-refractivity contribution in [2.75, 3.05) is 17.3 Å². The number of alkyl halides is 2. The number of hydrogen-bond donors (Lipinski definition) is 0. The molecule has 0 N–H and O–H groups in total. The number of furan rings is 1. The molecule has 1 amide bonds. The van der Waals surface area contributed by atoms with E-state index in [-0.39, 0.29) is 29.1 Å². The largest absolute Gasteiger partial charge is 0.465 e. The number of amides is 1. The third kappa shape index (κ3) is 5.99. The maximum atomic E-state index is 13.3. The van der Waals surface area contributed by atoms with Crippen molar-refractivity contribution >= 4 is 40.4 Å². The van der Waals surface area contributed by atoms with Gasteiger partial charge in [0.25, 0.3) is 5.91 Å². The number of amidine groups is 1. The van der Waals surface area contributed by atoms with Crippen molar-refractivity contribution in [3.05, 3.63) is 77.1 Å². The Balaban J connectivity index is 1.36. The van der Waals surface area contributed by atoms with E-state index in [1.54, 1.807) is 12.1 Å². The first-order valence-electron chi connectivity index (χ1n) is 12.5. The van der Waals surface area contributed by atoms with Crippen LogP contribution in [0.5, 0.6) is 5.75 Å². The van der Waals surface area contributed by atoms with Gasteiger partial charge in [-0.15, -0.1) is 0 Å². The number of benzene rings is 1. The van der Waals surface area contributed by atoms with Crippen LogP contribution in [0.2, 0.25) is 0 Å². The van der Waals surface area contributed by atoms with Crippen LogP contribution in [0, 0.1) is 13.8 Å². The predicted molar refractivity (Wildman–Crippen MR) is 144 cm³/mol. The van der Waals surface area contributed by atoms with E-state index in [1.807, 2.05) is 19.9 Å². The highest BCUT2D eigenvalue weighted by Gasteiger charge is 2.33. The topological polar surface area (TPSA) is 86.3 Å². The maximum Gasteiger partial charge on any atom is 0.387 e. The van der Waals surface area contributed by atoms with Gasteiger partial charge in [0.15, 0.2) is 11.0 Å². The van der Waals surface area contributed by atoms with Gasteiger partial charge in [0, 0.05) is 36.2 Å². The van der Waals surface area contributed by atoms with Crippen LogP contribution >= 0.6 is 11.8 Å². The summed E-state index contributed by atoms with van der Waals surface area (Å²) in [5.74, 6) is -0.0623. The number of carbonyl (C=O) groups is 2. The van der Waals surface area contributed by atoms with E-state index in [9.17, 15) is 18.4 Å². The molecular formula is C28H27F2N3O5S. The molecule has 4 heterocycles. The number of anilines is 1. The number of rotatable bonds is 9. The van der Waals surface area contributed by atoms with Gasteiger partial charge in [-0.3, -0.25) is 14.5 Å². The van der Waals surface area contributed by atoms with E-state index in [2.05, 4.69) is 14.3 Å². The average Bonchev–Trinajstić information content (AvgIpc) is 3.71. The fraction of sp³-hybridized carbons (Fsp3) is 0.321. The molecule has 0 bridgehead atoms. The van der Waals surface area contributed by atoms with Gasteiger partial charge in [-0.05, 0) is 69.2 Å². The fourth-order valence-corrected chi connectivity index (χ4v) is 5.57. The lowest BCUT2D eigenvalue weighted by Crippen LogP contribution is -2.30. The van der Waals surface area contributed by atoms with Gasteiger partial charge in [0.1, 0.15) is 17.2 Å². The molecule has 1 unspecified atom stereocenters. The lowest BCUT2D eigenvalue weighted by atomic mass is 10.2. The molecule has 0 spiro atoms. The SMILES string of the molecule is Cc1cc(C(=O)CSC2=N/C(=C\c3ccco3)C(=O)N2c2ccc(OC(F)F)cc2)c(C)n1CC1CCCO1. The summed E-state index contributed by atoms with van der Waals surface area (Å²) in [4.78, 5) is 32.4. The molecule has 2 aliphatic rings. The molecule has 5 rings (SSSR count). The van der Waals surface area contributed by atoms with Gasteiger partial charge in [-0.2, -0.15) is 8.78 Å². The van der Waals surface area contributed by atoms with Crippen molar-refractivity contribution in [2.24, 2.45) is 4.99 Å². The second-order valence-corrected chi connectivity index (χ2v) is 10.1. The highest BCUT2D eigenvalue weighted by Crippen LogP contribution is 2.32. The third-order valence-electron chi connectivity index (χ3n) is 6.59. The number of nitrogens with zero attached hydrogens (tertiary/aromatic N) is 3. The van der Waals surface area contributed by atoms with E-state index in [1.165, 1.54) is 41.5 Å². The summed E-state index contributed by atoms with van der Waals surface area (Å²) in [6.07, 6.45) is 5.19. The van der Waals surface area contributed by atoms with Gasteiger partial charge in [-0.25, -0.2) is 4.99 Å². The van der Waals surface area contributed by atoms with Gasteiger partial charge in [-0.1, -0.05) is 11.8 Å². The first-order valence-corrected chi connectivity index (χ1v) is 13.5. The molecular weight excluding hydrogens is 528 g/mol. The first kappa shape index (κ1) is 26.9. The molecule has 2 aliphatic heterocycles. The number of carbonyl (C=O) groups excluding carboxylic acids is 2. The van der Waals surface area contributed by atoms with Gasteiger partial charge in [0.05, 0.1) is 23.8 Å². The monoisotopic (exact) mass is 555 g/mol. The van der Waals surface area contributed by atoms with Crippen molar-refractivity contribution in [3.63, 3.8) is 0 Å². The predicted octanol–water partition coefficient (Wildman–Crippen LogP) is 5.84. The number of aliphatic imine (C=N–C) groups is 1. The highest BCUT2D eigenvalue weighted by atomic mass is 32.2. The van der Waals surface area contributed by atoms with E-state index in [4.69, 9.17) is 9.15 Å². The van der Waals surface area contributed by atoms with Gasteiger partial charge in [0.2, 0.25) is 0 Å². The number of aryl methyl sites for hydroxylation is 1. The highest BCUT2D eigenvalue weighted by molar-refractivity contribution is 8.14. The summed E-state index contributed by atoms with van der Waals surface area (Å²) in [6.45, 7) is 2.41. The van der Waals surface area contributed by atoms with Crippen LogP contribution in [-0.4, -0.2) is 46.5 Å². The standard InChI is InChI=1S/C28H27F2N3O5S/c1-17-13-23(18(2)32(17)15-22-6-4-12-37-22)25(34)16-39-28-31-24(14-21-5-3-11-36-21)26(35)33(28)19-7-9-20(10-8-19)38-27(29)30/h3,5,7-11,13-14,22,27H,4,6,12,15-16H2,1-2H3/b24-14-. The molecule has 1 atom stereocenters. The third-order valence-corrected chi connectivity index (χ3v) is 7.53. The normalized spacial score (nSPS) is 18.4.